The van der Waals surface area contributed by atoms with E-state index in [1.807, 2.05) is 0 Å². The van der Waals surface area contributed by atoms with Crippen molar-refractivity contribution in [3.8, 4) is 0 Å². The van der Waals surface area contributed by atoms with E-state index in [9.17, 15) is 14.7 Å². The van der Waals surface area contributed by atoms with Gasteiger partial charge in [0, 0.05) is 6.42 Å². The Morgan fingerprint density at radius 2 is 1.00 bits per heavy atom. The van der Waals surface area contributed by atoms with Crippen LogP contribution in [0.2, 0.25) is 0 Å². The van der Waals surface area contributed by atoms with Crippen molar-refractivity contribution in [2.75, 3.05) is 0 Å². The van der Waals surface area contributed by atoms with Gasteiger partial charge in [-0.1, -0.05) is 144 Å². The molecule has 220 valence electrons. The molecule has 0 saturated carbocycles. The van der Waals surface area contributed by atoms with Gasteiger partial charge in [0.2, 0.25) is 0 Å². The van der Waals surface area contributed by atoms with E-state index in [1.54, 1.807) is 0 Å². The van der Waals surface area contributed by atoms with Crippen LogP contribution in [0.1, 0.15) is 176 Å². The Balaban J connectivity index is 4.80. The molecule has 0 radical (unpaired) electrons. The number of carboxylic acids is 2. The zero-order chi connectivity index (χ0) is 27.9. The van der Waals surface area contributed by atoms with Crippen LogP contribution in [0.25, 0.3) is 0 Å². The lowest BCUT2D eigenvalue weighted by Gasteiger charge is -2.41. The van der Waals surface area contributed by atoms with E-state index in [0.717, 1.165) is 64.2 Å². The quantitative estimate of drug-likeness (QED) is 0.105. The molecule has 3 atom stereocenters. The SMILES string of the molecule is CCCCC(CC)CC(C)(CC(CC)CCCC)C(CCCCCCCCCCCCC(=O)O)C(=O)O. The molecule has 0 fully saturated rings. The van der Waals surface area contributed by atoms with E-state index in [4.69, 9.17) is 5.11 Å². The zero-order valence-corrected chi connectivity index (χ0v) is 25.5. The summed E-state index contributed by atoms with van der Waals surface area (Å²) in [5.74, 6) is -0.209. The fourth-order valence-electron chi connectivity index (χ4n) is 6.38. The number of carboxylic acid groups (broad SMARTS) is 2. The molecule has 0 aromatic carbocycles. The van der Waals surface area contributed by atoms with Crippen LogP contribution in [0.5, 0.6) is 0 Å². The van der Waals surface area contributed by atoms with Gasteiger partial charge >= 0.3 is 11.9 Å². The highest BCUT2D eigenvalue weighted by Crippen LogP contribution is 2.46. The topological polar surface area (TPSA) is 74.6 Å². The maximum atomic E-state index is 12.6. The van der Waals surface area contributed by atoms with E-state index in [2.05, 4.69) is 34.6 Å². The first-order valence-corrected chi connectivity index (χ1v) is 16.2. The summed E-state index contributed by atoms with van der Waals surface area (Å²) in [4.78, 5) is 23.2. The molecule has 0 aromatic rings. The summed E-state index contributed by atoms with van der Waals surface area (Å²) in [7, 11) is 0. The largest absolute Gasteiger partial charge is 0.481 e. The van der Waals surface area contributed by atoms with Gasteiger partial charge in [-0.25, -0.2) is 0 Å². The molecule has 0 amide bonds. The summed E-state index contributed by atoms with van der Waals surface area (Å²) in [6.07, 6.45) is 24.2. The van der Waals surface area contributed by atoms with Crippen LogP contribution in [0.4, 0.5) is 0 Å². The average molecular weight is 525 g/mol. The summed E-state index contributed by atoms with van der Waals surface area (Å²) in [5.41, 5.74) is -0.116. The number of carbonyl (C=O) groups is 2. The van der Waals surface area contributed by atoms with Crippen LogP contribution in [-0.2, 0) is 9.59 Å². The van der Waals surface area contributed by atoms with Crippen molar-refractivity contribution < 1.29 is 19.8 Å². The van der Waals surface area contributed by atoms with Crippen LogP contribution in [-0.4, -0.2) is 22.2 Å². The Morgan fingerprint density at radius 1 is 0.595 bits per heavy atom. The number of hydrogen-bond acceptors (Lipinski definition) is 2. The molecule has 2 N–H and O–H groups in total. The molecule has 0 rings (SSSR count). The molecule has 0 aliphatic carbocycles. The van der Waals surface area contributed by atoms with Gasteiger partial charge in [-0.05, 0) is 42.9 Å². The third-order valence-electron chi connectivity index (χ3n) is 8.87. The molecule has 0 aliphatic rings. The van der Waals surface area contributed by atoms with Crippen molar-refractivity contribution in [3.05, 3.63) is 0 Å². The lowest BCUT2D eigenvalue weighted by molar-refractivity contribution is -0.148. The average Bonchev–Trinajstić information content (AvgIpc) is 2.86. The van der Waals surface area contributed by atoms with Crippen molar-refractivity contribution in [2.45, 2.75) is 176 Å². The second-order valence-corrected chi connectivity index (χ2v) is 12.3. The van der Waals surface area contributed by atoms with E-state index >= 15 is 0 Å². The van der Waals surface area contributed by atoms with Gasteiger partial charge in [-0.2, -0.15) is 0 Å². The highest BCUT2D eigenvalue weighted by Gasteiger charge is 2.41. The molecule has 0 aliphatic heterocycles. The summed E-state index contributed by atoms with van der Waals surface area (Å²) in [5, 5.41) is 19.1. The lowest BCUT2D eigenvalue weighted by Crippen LogP contribution is -2.37. The van der Waals surface area contributed by atoms with E-state index in [-0.39, 0.29) is 11.3 Å². The molecule has 37 heavy (non-hydrogen) atoms. The van der Waals surface area contributed by atoms with Gasteiger partial charge < -0.3 is 10.2 Å². The maximum Gasteiger partial charge on any atom is 0.307 e. The zero-order valence-electron chi connectivity index (χ0n) is 25.5. The van der Waals surface area contributed by atoms with Crippen LogP contribution in [0.15, 0.2) is 0 Å². The normalized spacial score (nSPS) is 15.7. The van der Waals surface area contributed by atoms with Gasteiger partial charge in [0.15, 0.2) is 0 Å². The molecular formula is C33H64O4. The lowest BCUT2D eigenvalue weighted by atomic mass is 9.63. The van der Waals surface area contributed by atoms with Gasteiger partial charge in [-0.3, -0.25) is 9.59 Å². The van der Waals surface area contributed by atoms with Gasteiger partial charge in [-0.15, -0.1) is 0 Å². The number of hydrogen-bond donors (Lipinski definition) is 2. The Bertz CT molecular complexity index is 541. The van der Waals surface area contributed by atoms with Crippen molar-refractivity contribution in [3.63, 3.8) is 0 Å². The highest BCUT2D eigenvalue weighted by molar-refractivity contribution is 5.71. The van der Waals surface area contributed by atoms with Crippen LogP contribution in [0.3, 0.4) is 0 Å². The predicted molar refractivity (Wildman–Crippen MR) is 158 cm³/mol. The fraction of sp³-hybridized carbons (Fsp3) is 0.939. The van der Waals surface area contributed by atoms with Crippen molar-refractivity contribution in [1.82, 2.24) is 0 Å². The molecule has 3 unspecified atom stereocenters. The van der Waals surface area contributed by atoms with Crippen molar-refractivity contribution >= 4 is 11.9 Å². The Hall–Kier alpha value is -1.06. The first-order valence-electron chi connectivity index (χ1n) is 16.2. The summed E-state index contributed by atoms with van der Waals surface area (Å²) >= 11 is 0. The minimum absolute atomic E-state index is 0.116. The minimum Gasteiger partial charge on any atom is -0.481 e. The number of aliphatic carboxylic acids is 2. The monoisotopic (exact) mass is 524 g/mol. The Labute approximate surface area is 230 Å². The van der Waals surface area contributed by atoms with Crippen molar-refractivity contribution in [1.29, 1.82) is 0 Å². The van der Waals surface area contributed by atoms with Gasteiger partial charge in [0.05, 0.1) is 5.92 Å². The van der Waals surface area contributed by atoms with E-state index in [1.165, 1.54) is 70.6 Å². The third-order valence-corrected chi connectivity index (χ3v) is 8.87. The fourth-order valence-corrected chi connectivity index (χ4v) is 6.38. The summed E-state index contributed by atoms with van der Waals surface area (Å²) < 4.78 is 0. The van der Waals surface area contributed by atoms with Crippen LogP contribution >= 0.6 is 0 Å². The van der Waals surface area contributed by atoms with Crippen LogP contribution < -0.4 is 0 Å². The van der Waals surface area contributed by atoms with Crippen molar-refractivity contribution in [2.24, 2.45) is 23.2 Å². The molecule has 0 spiro atoms. The second kappa shape index (κ2) is 22.9. The molecule has 0 aromatic heterocycles. The van der Waals surface area contributed by atoms with E-state index in [0.29, 0.717) is 18.3 Å². The molecule has 0 heterocycles. The molecule has 4 nitrogen and oxygen atoms in total. The molecule has 0 saturated heterocycles. The number of rotatable bonds is 27. The molecule has 4 heteroatoms. The number of unbranched alkanes of at least 4 members (excludes halogenated alkanes) is 11. The summed E-state index contributed by atoms with van der Waals surface area (Å²) in [6, 6.07) is 0. The highest BCUT2D eigenvalue weighted by atomic mass is 16.4. The first-order chi connectivity index (χ1) is 17.7. The molecule has 0 bridgehead atoms. The van der Waals surface area contributed by atoms with Gasteiger partial charge in [0.1, 0.15) is 0 Å². The summed E-state index contributed by atoms with van der Waals surface area (Å²) in [6.45, 7) is 11.4. The molecular weight excluding hydrogens is 460 g/mol. The van der Waals surface area contributed by atoms with E-state index < -0.39 is 11.9 Å². The smallest absolute Gasteiger partial charge is 0.307 e. The second-order valence-electron chi connectivity index (χ2n) is 12.3. The first kappa shape index (κ1) is 35.9. The van der Waals surface area contributed by atoms with Gasteiger partial charge in [0.25, 0.3) is 0 Å². The predicted octanol–water partition coefficient (Wildman–Crippen LogP) is 10.7. The third kappa shape index (κ3) is 18.0. The Kier molecular flexibility index (Phi) is 22.2. The minimum atomic E-state index is -0.686. The van der Waals surface area contributed by atoms with Crippen LogP contribution in [0, 0.1) is 23.2 Å². The Morgan fingerprint density at radius 3 is 1.35 bits per heavy atom. The standard InChI is InChI=1S/C33H64O4/c1-6-10-22-28(8-3)26-33(5,27-29(9-4)23-11-7-2)30(32(36)37)24-20-18-16-14-12-13-15-17-19-21-25-31(34)35/h28-30H,6-27H2,1-5H3,(H,34,35)(H,36,37). The maximum absolute atomic E-state index is 12.6.